The minimum Gasteiger partial charge on any atom is -0.395 e. The van der Waals surface area contributed by atoms with Crippen molar-refractivity contribution < 1.29 is 14.7 Å². The van der Waals surface area contributed by atoms with Crippen molar-refractivity contribution in [2.75, 3.05) is 19.7 Å². The molecule has 0 aromatic heterocycles. The van der Waals surface area contributed by atoms with Crippen LogP contribution in [0.3, 0.4) is 0 Å². The van der Waals surface area contributed by atoms with Crippen LogP contribution in [0.5, 0.6) is 0 Å². The molecule has 1 N–H and O–H groups in total. The van der Waals surface area contributed by atoms with Gasteiger partial charge in [-0.25, -0.2) is 0 Å². The molecule has 0 radical (unpaired) electrons. The van der Waals surface area contributed by atoms with Crippen molar-refractivity contribution in [1.29, 1.82) is 0 Å². The maximum absolute atomic E-state index is 11.4. The zero-order valence-corrected chi connectivity index (χ0v) is 10.7. The maximum atomic E-state index is 11.4. The van der Waals surface area contributed by atoms with Crippen LogP contribution in [0.4, 0.5) is 0 Å². The number of carbonyl (C=O) groups excluding carboxylic acids is 2. The quantitative estimate of drug-likeness (QED) is 0.774. The summed E-state index contributed by atoms with van der Waals surface area (Å²) in [5, 5.41) is 9.21. The van der Waals surface area contributed by atoms with Gasteiger partial charge in [-0.3, -0.25) is 9.59 Å². The van der Waals surface area contributed by atoms with Gasteiger partial charge in [0.05, 0.1) is 12.0 Å². The monoisotopic (exact) mass is 229 g/mol. The number of hydrogen-bond acceptors (Lipinski definition) is 3. The molecular formula is C12H23NO3. The Morgan fingerprint density at radius 3 is 1.88 bits per heavy atom. The predicted octanol–water partition coefficient (Wildman–Crippen LogP) is 1.22. The molecule has 4 heteroatoms. The number of aliphatic hydroxyl groups is 1. The van der Waals surface area contributed by atoms with E-state index < -0.39 is 5.41 Å². The molecule has 0 saturated carbocycles. The Labute approximate surface area is 97.6 Å². The molecule has 0 spiro atoms. The SMILES string of the molecule is CC.CC(=O)N1CCC(CO)(C(C)=O)CC1. The van der Waals surface area contributed by atoms with Crippen LogP contribution in [0.25, 0.3) is 0 Å². The lowest BCUT2D eigenvalue weighted by molar-refractivity contribution is -0.139. The average molecular weight is 229 g/mol. The Balaban J connectivity index is 0.00000106. The van der Waals surface area contributed by atoms with E-state index in [4.69, 9.17) is 0 Å². The van der Waals surface area contributed by atoms with Gasteiger partial charge >= 0.3 is 0 Å². The van der Waals surface area contributed by atoms with Crippen LogP contribution < -0.4 is 0 Å². The number of Topliss-reactive ketones (excluding diaryl/α,β-unsaturated/α-hetero) is 1. The van der Waals surface area contributed by atoms with Gasteiger partial charge in [0.2, 0.25) is 5.91 Å². The Kier molecular flexibility index (Phi) is 6.26. The molecule has 1 heterocycles. The molecule has 1 saturated heterocycles. The van der Waals surface area contributed by atoms with Crippen LogP contribution in [0.2, 0.25) is 0 Å². The van der Waals surface area contributed by atoms with E-state index in [2.05, 4.69) is 0 Å². The summed E-state index contributed by atoms with van der Waals surface area (Å²) in [5.41, 5.74) is -0.591. The highest BCUT2D eigenvalue weighted by Crippen LogP contribution is 2.31. The van der Waals surface area contributed by atoms with E-state index in [0.29, 0.717) is 25.9 Å². The van der Waals surface area contributed by atoms with Crippen LogP contribution in [0.1, 0.15) is 40.5 Å². The maximum Gasteiger partial charge on any atom is 0.219 e. The largest absolute Gasteiger partial charge is 0.395 e. The van der Waals surface area contributed by atoms with Crippen LogP contribution in [0, 0.1) is 5.41 Å². The second-order valence-corrected chi connectivity index (χ2v) is 4.00. The van der Waals surface area contributed by atoms with Crippen molar-refractivity contribution in [3.8, 4) is 0 Å². The van der Waals surface area contributed by atoms with Crippen molar-refractivity contribution in [3.63, 3.8) is 0 Å². The molecule has 1 fully saturated rings. The van der Waals surface area contributed by atoms with E-state index in [-0.39, 0.29) is 18.3 Å². The number of hydrogen-bond donors (Lipinski definition) is 1. The smallest absolute Gasteiger partial charge is 0.219 e. The predicted molar refractivity (Wildman–Crippen MR) is 63.0 cm³/mol. The summed E-state index contributed by atoms with van der Waals surface area (Å²) in [6, 6.07) is 0. The van der Waals surface area contributed by atoms with Gasteiger partial charge in [0.1, 0.15) is 5.78 Å². The normalized spacial score (nSPS) is 18.4. The Bertz CT molecular complexity index is 243. The average Bonchev–Trinajstić information content (AvgIpc) is 2.31. The third kappa shape index (κ3) is 3.30. The van der Waals surface area contributed by atoms with E-state index in [9.17, 15) is 14.7 Å². The standard InChI is InChI=1S/C10H17NO3.C2H6/c1-8(13)10(7-12)3-5-11(6-4-10)9(2)14;1-2/h12H,3-7H2,1-2H3;1-2H3. The molecule has 4 nitrogen and oxygen atoms in total. The number of nitrogens with zero attached hydrogens (tertiary/aromatic N) is 1. The van der Waals surface area contributed by atoms with E-state index in [1.807, 2.05) is 13.8 Å². The number of ketones is 1. The third-order valence-corrected chi connectivity index (χ3v) is 3.22. The van der Waals surface area contributed by atoms with Crippen LogP contribution in [-0.4, -0.2) is 41.4 Å². The lowest BCUT2D eigenvalue weighted by Crippen LogP contribution is -2.47. The number of rotatable bonds is 2. The van der Waals surface area contributed by atoms with Crippen molar-refractivity contribution in [2.45, 2.75) is 40.5 Å². The van der Waals surface area contributed by atoms with E-state index in [1.165, 1.54) is 13.8 Å². The van der Waals surface area contributed by atoms with Gasteiger partial charge in [-0.1, -0.05) is 13.8 Å². The molecule has 1 aliphatic heterocycles. The molecule has 0 atom stereocenters. The van der Waals surface area contributed by atoms with Gasteiger partial charge in [-0.2, -0.15) is 0 Å². The summed E-state index contributed by atoms with van der Waals surface area (Å²) in [4.78, 5) is 24.1. The number of likely N-dealkylation sites (tertiary alicyclic amines) is 1. The summed E-state index contributed by atoms with van der Waals surface area (Å²) in [7, 11) is 0. The first kappa shape index (κ1) is 15.1. The molecule has 1 aliphatic rings. The Morgan fingerprint density at radius 2 is 1.62 bits per heavy atom. The summed E-state index contributed by atoms with van der Waals surface area (Å²) < 4.78 is 0. The van der Waals surface area contributed by atoms with Gasteiger partial charge in [0.25, 0.3) is 0 Å². The lowest BCUT2D eigenvalue weighted by atomic mass is 9.76. The lowest BCUT2D eigenvalue weighted by Gasteiger charge is -2.38. The second kappa shape index (κ2) is 6.63. The summed E-state index contributed by atoms with van der Waals surface area (Å²) in [6.07, 6.45) is 1.16. The third-order valence-electron chi connectivity index (χ3n) is 3.22. The molecular weight excluding hydrogens is 206 g/mol. The van der Waals surface area contributed by atoms with Crippen LogP contribution >= 0.6 is 0 Å². The zero-order valence-electron chi connectivity index (χ0n) is 10.7. The molecule has 0 unspecified atom stereocenters. The highest BCUT2D eigenvalue weighted by atomic mass is 16.3. The molecule has 1 amide bonds. The van der Waals surface area contributed by atoms with Gasteiger partial charge in [0, 0.05) is 20.0 Å². The molecule has 0 aliphatic carbocycles. The summed E-state index contributed by atoms with van der Waals surface area (Å²) >= 11 is 0. The first-order valence-electron chi connectivity index (χ1n) is 5.89. The molecule has 94 valence electrons. The Hall–Kier alpha value is -0.900. The fourth-order valence-corrected chi connectivity index (χ4v) is 1.87. The van der Waals surface area contributed by atoms with Crippen molar-refractivity contribution >= 4 is 11.7 Å². The zero-order chi connectivity index (χ0) is 12.8. The fourth-order valence-electron chi connectivity index (χ4n) is 1.87. The minimum absolute atomic E-state index is 0.0307. The van der Waals surface area contributed by atoms with Gasteiger partial charge < -0.3 is 10.0 Å². The van der Waals surface area contributed by atoms with Crippen LogP contribution in [0.15, 0.2) is 0 Å². The molecule has 0 bridgehead atoms. The first-order chi connectivity index (χ1) is 7.52. The van der Waals surface area contributed by atoms with Gasteiger partial charge in [-0.15, -0.1) is 0 Å². The van der Waals surface area contributed by atoms with Crippen molar-refractivity contribution in [2.24, 2.45) is 5.41 Å². The second-order valence-electron chi connectivity index (χ2n) is 4.00. The van der Waals surface area contributed by atoms with E-state index in [1.54, 1.807) is 4.90 Å². The number of amides is 1. The molecule has 0 aromatic carbocycles. The topological polar surface area (TPSA) is 57.6 Å². The number of piperidine rings is 1. The highest BCUT2D eigenvalue weighted by Gasteiger charge is 2.38. The number of aliphatic hydroxyl groups excluding tert-OH is 1. The first-order valence-corrected chi connectivity index (χ1v) is 5.89. The van der Waals surface area contributed by atoms with Crippen molar-refractivity contribution in [3.05, 3.63) is 0 Å². The molecule has 16 heavy (non-hydrogen) atoms. The molecule has 0 aromatic rings. The minimum atomic E-state index is -0.591. The van der Waals surface area contributed by atoms with Crippen molar-refractivity contribution in [1.82, 2.24) is 4.90 Å². The molecule has 1 rings (SSSR count). The summed E-state index contributed by atoms with van der Waals surface area (Å²) in [5.74, 6) is 0.0725. The number of carbonyl (C=O) groups is 2. The van der Waals surface area contributed by atoms with Gasteiger partial charge in [-0.05, 0) is 19.8 Å². The van der Waals surface area contributed by atoms with E-state index >= 15 is 0 Å². The Morgan fingerprint density at radius 1 is 1.19 bits per heavy atom. The van der Waals surface area contributed by atoms with E-state index in [0.717, 1.165) is 0 Å². The van der Waals surface area contributed by atoms with Gasteiger partial charge in [0.15, 0.2) is 0 Å². The van der Waals surface area contributed by atoms with Crippen LogP contribution in [-0.2, 0) is 9.59 Å². The fraction of sp³-hybridized carbons (Fsp3) is 0.833. The summed E-state index contributed by atoms with van der Waals surface area (Å²) in [6.45, 7) is 8.10. The highest BCUT2D eigenvalue weighted by molar-refractivity contribution is 5.83.